The zero-order valence-corrected chi connectivity index (χ0v) is 6.60. The van der Waals surface area contributed by atoms with Crippen LogP contribution >= 0.6 is 0 Å². The maximum absolute atomic E-state index is 12.7. The van der Waals surface area contributed by atoms with Crippen LogP contribution in [0.3, 0.4) is 0 Å². The lowest BCUT2D eigenvalue weighted by Crippen LogP contribution is -2.35. The molecule has 0 aromatic heterocycles. The van der Waals surface area contributed by atoms with E-state index < -0.39 is 12.1 Å². The predicted molar refractivity (Wildman–Crippen MR) is 38.4 cm³/mol. The molecule has 0 bridgehead atoms. The molecule has 1 N–H and O–H groups in total. The molecule has 0 saturated heterocycles. The molecular weight excluding hydrogens is 147 g/mol. The zero-order valence-electron chi connectivity index (χ0n) is 6.60. The minimum absolute atomic E-state index is 0.133. The molecule has 1 amide bonds. The summed E-state index contributed by atoms with van der Waals surface area (Å²) in [6.07, 6.45) is -1.51. The van der Waals surface area contributed by atoms with Crippen LogP contribution in [0.2, 0.25) is 0 Å². The van der Waals surface area contributed by atoms with Crippen LogP contribution in [0.1, 0.15) is 13.8 Å². The molecule has 0 heterocycles. The summed E-state index contributed by atoms with van der Waals surface area (Å²) in [6.45, 7) is 3.08. The number of hydrogen-bond donors (Lipinski definition) is 1. The summed E-state index contributed by atoms with van der Waals surface area (Å²) in [5.74, 6) is -1.05. The summed E-state index contributed by atoms with van der Waals surface area (Å²) in [4.78, 5) is 10.7. The van der Waals surface area contributed by atoms with Crippen LogP contribution < -0.4 is 5.32 Å². The van der Waals surface area contributed by atoms with Gasteiger partial charge in [-0.25, -0.2) is 4.39 Å². The average Bonchev–Trinajstić information content (AvgIpc) is 1.98. The number of nitrogens with one attached hydrogen (secondary N) is 1. The van der Waals surface area contributed by atoms with Crippen molar-refractivity contribution in [1.29, 1.82) is 5.26 Å². The number of nitriles is 1. The highest BCUT2D eigenvalue weighted by molar-refractivity contribution is 5.80. The minimum atomic E-state index is -1.51. The second-order valence-electron chi connectivity index (χ2n) is 2.52. The molecule has 0 rings (SSSR count). The first-order valence-electron chi connectivity index (χ1n) is 3.38. The SMILES string of the molecule is CC(C)C(F)C(=O)NCC#N. The van der Waals surface area contributed by atoms with Crippen LogP contribution in [0, 0.1) is 17.2 Å². The molecule has 11 heavy (non-hydrogen) atoms. The highest BCUT2D eigenvalue weighted by Gasteiger charge is 2.19. The Labute approximate surface area is 65.2 Å². The molecule has 0 aromatic rings. The van der Waals surface area contributed by atoms with Crippen molar-refractivity contribution in [1.82, 2.24) is 5.32 Å². The van der Waals surface area contributed by atoms with E-state index in [0.717, 1.165) is 0 Å². The molecule has 0 radical (unpaired) electrons. The van der Waals surface area contributed by atoms with E-state index in [0.29, 0.717) is 0 Å². The third-order valence-corrected chi connectivity index (χ3v) is 1.18. The highest BCUT2D eigenvalue weighted by atomic mass is 19.1. The highest BCUT2D eigenvalue weighted by Crippen LogP contribution is 2.04. The summed E-state index contributed by atoms with van der Waals surface area (Å²) in [6, 6.07) is 1.69. The van der Waals surface area contributed by atoms with Crippen molar-refractivity contribution in [2.45, 2.75) is 20.0 Å². The van der Waals surface area contributed by atoms with Crippen LogP contribution in [0.4, 0.5) is 4.39 Å². The van der Waals surface area contributed by atoms with Gasteiger partial charge in [0.1, 0.15) is 6.54 Å². The minimum Gasteiger partial charge on any atom is -0.340 e. The van der Waals surface area contributed by atoms with Crippen LogP contribution in [0.5, 0.6) is 0 Å². The number of rotatable bonds is 3. The number of amides is 1. The van der Waals surface area contributed by atoms with E-state index in [1.165, 1.54) is 0 Å². The van der Waals surface area contributed by atoms with Gasteiger partial charge in [0.2, 0.25) is 0 Å². The van der Waals surface area contributed by atoms with Gasteiger partial charge in [0, 0.05) is 0 Å². The first-order chi connectivity index (χ1) is 5.09. The van der Waals surface area contributed by atoms with Gasteiger partial charge in [0.25, 0.3) is 5.91 Å². The summed E-state index contributed by atoms with van der Waals surface area (Å²) in [5, 5.41) is 10.2. The molecule has 4 heteroatoms. The van der Waals surface area contributed by atoms with E-state index in [1.54, 1.807) is 19.9 Å². The lowest BCUT2D eigenvalue weighted by molar-refractivity contribution is -0.127. The zero-order chi connectivity index (χ0) is 8.85. The van der Waals surface area contributed by atoms with Gasteiger partial charge in [-0.05, 0) is 5.92 Å². The van der Waals surface area contributed by atoms with Crippen LogP contribution in [0.15, 0.2) is 0 Å². The maximum atomic E-state index is 12.7. The van der Waals surface area contributed by atoms with Gasteiger partial charge >= 0.3 is 0 Å². The van der Waals surface area contributed by atoms with Crippen molar-refractivity contribution < 1.29 is 9.18 Å². The Hall–Kier alpha value is -1.11. The molecule has 3 nitrogen and oxygen atoms in total. The van der Waals surface area contributed by atoms with Gasteiger partial charge in [0.15, 0.2) is 6.17 Å². The van der Waals surface area contributed by atoms with Crippen molar-refractivity contribution in [3.05, 3.63) is 0 Å². The number of carbonyl (C=O) groups is 1. The van der Waals surface area contributed by atoms with Gasteiger partial charge in [-0.1, -0.05) is 13.8 Å². The lowest BCUT2D eigenvalue weighted by atomic mass is 10.1. The summed E-state index contributed by atoms with van der Waals surface area (Å²) in [7, 11) is 0. The average molecular weight is 158 g/mol. The fourth-order valence-corrected chi connectivity index (χ4v) is 0.527. The molecule has 0 aliphatic carbocycles. The van der Waals surface area contributed by atoms with Crippen molar-refractivity contribution >= 4 is 5.91 Å². The summed E-state index contributed by atoms with van der Waals surface area (Å²) in [5.41, 5.74) is 0. The fourth-order valence-electron chi connectivity index (χ4n) is 0.527. The van der Waals surface area contributed by atoms with Crippen molar-refractivity contribution in [3.63, 3.8) is 0 Å². The van der Waals surface area contributed by atoms with Crippen LogP contribution in [-0.2, 0) is 4.79 Å². The molecule has 1 unspecified atom stereocenters. The van der Waals surface area contributed by atoms with Gasteiger partial charge in [0.05, 0.1) is 6.07 Å². The van der Waals surface area contributed by atoms with Gasteiger partial charge in [-0.15, -0.1) is 0 Å². The molecule has 1 atom stereocenters. The molecule has 0 aromatic carbocycles. The fraction of sp³-hybridized carbons (Fsp3) is 0.714. The third kappa shape index (κ3) is 3.56. The van der Waals surface area contributed by atoms with Crippen molar-refractivity contribution in [2.75, 3.05) is 6.54 Å². The van der Waals surface area contributed by atoms with Crippen LogP contribution in [-0.4, -0.2) is 18.6 Å². The molecular formula is C7H11FN2O. The molecule has 0 aliphatic heterocycles. The van der Waals surface area contributed by atoms with E-state index in [1.807, 2.05) is 0 Å². The van der Waals surface area contributed by atoms with Gasteiger partial charge in [-0.3, -0.25) is 4.79 Å². The lowest BCUT2D eigenvalue weighted by Gasteiger charge is -2.09. The van der Waals surface area contributed by atoms with Crippen LogP contribution in [0.25, 0.3) is 0 Å². The third-order valence-electron chi connectivity index (χ3n) is 1.18. The predicted octanol–water partition coefficient (Wildman–Crippen LogP) is 0.620. The van der Waals surface area contributed by atoms with Crippen molar-refractivity contribution in [3.8, 4) is 6.07 Å². The number of halogens is 1. The molecule has 0 saturated carbocycles. The van der Waals surface area contributed by atoms with Gasteiger partial charge < -0.3 is 5.32 Å². The Morgan fingerprint density at radius 2 is 2.27 bits per heavy atom. The van der Waals surface area contributed by atoms with E-state index >= 15 is 0 Å². The number of alkyl halides is 1. The van der Waals surface area contributed by atoms with E-state index in [9.17, 15) is 9.18 Å². The van der Waals surface area contributed by atoms with Gasteiger partial charge in [-0.2, -0.15) is 5.26 Å². The Morgan fingerprint density at radius 3 is 2.64 bits per heavy atom. The first kappa shape index (κ1) is 9.89. The Kier molecular flexibility index (Phi) is 4.20. The summed E-state index contributed by atoms with van der Waals surface area (Å²) < 4.78 is 12.7. The molecule has 0 spiro atoms. The summed E-state index contributed by atoms with van der Waals surface area (Å²) >= 11 is 0. The van der Waals surface area contributed by atoms with E-state index in [2.05, 4.69) is 5.32 Å². The standard InChI is InChI=1S/C7H11FN2O/c1-5(2)6(8)7(11)10-4-3-9/h5-6H,4H2,1-2H3,(H,10,11). The smallest absolute Gasteiger partial charge is 0.255 e. The number of hydrogen-bond acceptors (Lipinski definition) is 2. The molecule has 0 aliphatic rings. The molecule has 62 valence electrons. The number of carbonyl (C=O) groups excluding carboxylic acids is 1. The Balaban J connectivity index is 3.76. The monoisotopic (exact) mass is 158 g/mol. The normalized spacial score (nSPS) is 12.3. The van der Waals surface area contributed by atoms with Crippen molar-refractivity contribution in [2.24, 2.45) is 5.92 Å². The molecule has 0 fully saturated rings. The second-order valence-corrected chi connectivity index (χ2v) is 2.52. The Bertz CT molecular complexity index is 174. The second kappa shape index (κ2) is 4.67. The Morgan fingerprint density at radius 1 is 1.73 bits per heavy atom. The quantitative estimate of drug-likeness (QED) is 0.612. The first-order valence-corrected chi connectivity index (χ1v) is 3.38. The topological polar surface area (TPSA) is 52.9 Å². The number of nitrogens with zero attached hydrogens (tertiary/aromatic N) is 1. The maximum Gasteiger partial charge on any atom is 0.255 e. The van der Waals surface area contributed by atoms with E-state index in [-0.39, 0.29) is 12.5 Å². The largest absolute Gasteiger partial charge is 0.340 e. The van der Waals surface area contributed by atoms with E-state index in [4.69, 9.17) is 5.26 Å².